The number of pyridine rings is 1. The van der Waals surface area contributed by atoms with Crippen LogP contribution in [0.25, 0.3) is 83.9 Å². The first-order chi connectivity index (χ1) is 34.2. The number of hydrogen-bond acceptors (Lipinski definition) is 3. The molecule has 9 aromatic rings. The average Bonchev–Trinajstić information content (AvgIpc) is 3.72. The van der Waals surface area contributed by atoms with Crippen molar-refractivity contribution in [3.8, 4) is 78.6 Å². The molecular weight excluding hydrogens is 827 g/mol. The summed E-state index contributed by atoms with van der Waals surface area (Å²) in [7, 11) is 0. The summed E-state index contributed by atoms with van der Waals surface area (Å²) in [6.07, 6.45) is 1.80. The molecule has 4 heteroatoms. The van der Waals surface area contributed by atoms with Gasteiger partial charge in [0.1, 0.15) is 11.6 Å². The van der Waals surface area contributed by atoms with Gasteiger partial charge in [-0.15, -0.1) is 0 Å². The lowest BCUT2D eigenvalue weighted by Gasteiger charge is -2.22. The van der Waals surface area contributed by atoms with Gasteiger partial charge in [-0.25, -0.2) is 4.98 Å². The molecule has 4 nitrogen and oxygen atoms in total. The molecule has 1 N–H and O–H groups in total. The number of aromatic nitrogens is 3. The van der Waals surface area contributed by atoms with E-state index < -0.39 is 18.6 Å². The van der Waals surface area contributed by atoms with E-state index in [0.717, 1.165) is 78.1 Å². The molecular formula is C64H65N3O. The molecule has 2 aromatic heterocycles. The van der Waals surface area contributed by atoms with Gasteiger partial charge in [0, 0.05) is 29.7 Å². The van der Waals surface area contributed by atoms with Crippen LogP contribution in [0.5, 0.6) is 5.75 Å². The van der Waals surface area contributed by atoms with Gasteiger partial charge in [-0.2, -0.15) is 0 Å². The van der Waals surface area contributed by atoms with Crippen molar-refractivity contribution in [2.24, 2.45) is 0 Å². The first kappa shape index (κ1) is 40.1. The van der Waals surface area contributed by atoms with Gasteiger partial charge in [-0.3, -0.25) is 9.55 Å². The van der Waals surface area contributed by atoms with Gasteiger partial charge in [0.25, 0.3) is 0 Å². The van der Waals surface area contributed by atoms with Gasteiger partial charge in [-0.05, 0) is 146 Å². The Balaban J connectivity index is 1.33. The summed E-state index contributed by atoms with van der Waals surface area (Å²) in [5.41, 5.74) is 16.9. The number of aromatic hydroxyl groups is 1. The second-order valence-electron chi connectivity index (χ2n) is 20.8. The Kier molecular flexibility index (Phi) is 10.5. The molecule has 0 fully saturated rings. The summed E-state index contributed by atoms with van der Waals surface area (Å²) in [4.78, 5) is 10.5. The molecule has 0 aliphatic rings. The molecule has 0 saturated heterocycles. The number of aryl methyl sites for hydroxylation is 2. The molecule has 7 aromatic carbocycles. The normalized spacial score (nSPS) is 13.7. The maximum atomic E-state index is 12.5. The Morgan fingerprint density at radius 3 is 1.90 bits per heavy atom. The van der Waals surface area contributed by atoms with Gasteiger partial charge in [0.2, 0.25) is 0 Å². The predicted molar refractivity (Wildman–Crippen MR) is 288 cm³/mol. The molecule has 0 radical (unpaired) electrons. The summed E-state index contributed by atoms with van der Waals surface area (Å²) in [6, 6.07) is 51.3. The van der Waals surface area contributed by atoms with E-state index >= 15 is 0 Å². The van der Waals surface area contributed by atoms with Crippen molar-refractivity contribution >= 4 is 11.0 Å². The number of nitrogens with zero attached hydrogens (tertiary/aromatic N) is 3. The van der Waals surface area contributed by atoms with Gasteiger partial charge < -0.3 is 5.11 Å². The Hall–Kier alpha value is -7.04. The van der Waals surface area contributed by atoms with Crippen LogP contribution in [0, 0.1) is 13.8 Å². The second-order valence-corrected chi connectivity index (χ2v) is 20.8. The summed E-state index contributed by atoms with van der Waals surface area (Å²) >= 11 is 0. The van der Waals surface area contributed by atoms with E-state index in [1.807, 2.05) is 50.2 Å². The number of hydrogen-bond donors (Lipinski definition) is 1. The van der Waals surface area contributed by atoms with E-state index in [0.29, 0.717) is 33.6 Å². The molecule has 68 heavy (non-hydrogen) atoms. The van der Waals surface area contributed by atoms with Crippen molar-refractivity contribution in [3.05, 3.63) is 191 Å². The Bertz CT molecular complexity index is 3530. The Morgan fingerprint density at radius 2 is 1.24 bits per heavy atom. The van der Waals surface area contributed by atoms with E-state index in [1.165, 1.54) is 5.56 Å². The van der Waals surface area contributed by atoms with E-state index in [9.17, 15) is 7.85 Å². The van der Waals surface area contributed by atoms with Crippen LogP contribution in [0.4, 0.5) is 0 Å². The smallest absolute Gasteiger partial charge is 0.149 e. The molecule has 0 unspecified atom stereocenters. The number of rotatable bonds is 9. The highest BCUT2D eigenvalue weighted by molar-refractivity contribution is 5.98. The fourth-order valence-corrected chi connectivity index (χ4v) is 9.21. The number of phenolic OH excluding ortho intramolecular Hbond substituents is 1. The minimum absolute atomic E-state index is 0.00784. The van der Waals surface area contributed by atoms with E-state index in [-0.39, 0.29) is 16.6 Å². The number of phenols is 1. The Morgan fingerprint density at radius 1 is 0.559 bits per heavy atom. The maximum absolute atomic E-state index is 12.5. The first-order valence-corrected chi connectivity index (χ1v) is 23.6. The number of fused-ring (bicyclic) bond motifs is 1. The fraction of sp³-hybridized carbons (Fsp3) is 0.250. The molecule has 0 bridgehead atoms. The zero-order chi connectivity index (χ0) is 52.6. The lowest BCUT2D eigenvalue weighted by atomic mass is 9.83. The van der Waals surface area contributed by atoms with E-state index in [4.69, 9.17) is 14.1 Å². The number of para-hydroxylation sites is 1. The topological polar surface area (TPSA) is 50.9 Å². The van der Waals surface area contributed by atoms with Crippen LogP contribution in [0.1, 0.15) is 121 Å². The SMILES string of the molecule is [2H]C([2H])([2H])c1ccc(-c2ccnc(-c3cc(-c4cccc5c4nc(-c4cc(C([2H])(C)C)cc(C([2H])(C)C)c4O)n5-c4cc(C)c(-c5ccc(C(C)(C)C)cc5)cc4-c4ccccc4)cc(C(C)(C)C)c3)c2)cc1. The standard InChI is InChI=1S/C64H65N3O/c1-39(2)47-35-53(40(3)4)61(68)56(36-47)62-66-60-52(48-32-49(34-51(33-48)64(10,11)12)57-37-46(29-30-65-57)43-23-21-41(5)22-24-43)19-16-20-58(60)67(62)59-31-42(6)54(38-55(59)44-17-14-13-15-18-44)45-25-27-50(28-26-45)63(7,8)9/h13-40,68H,1-12H3/i5D3,39D,40D. The zero-order valence-corrected chi connectivity index (χ0v) is 41.3. The van der Waals surface area contributed by atoms with Gasteiger partial charge in [0.15, 0.2) is 0 Å². The fourth-order valence-electron chi connectivity index (χ4n) is 9.21. The first-order valence-electron chi connectivity index (χ1n) is 26.1. The molecule has 0 saturated carbocycles. The average molecular weight is 897 g/mol. The molecule has 0 atom stereocenters. The highest BCUT2D eigenvalue weighted by atomic mass is 16.3. The molecule has 0 amide bonds. The number of benzene rings is 7. The molecule has 342 valence electrons. The molecule has 0 aliphatic heterocycles. The summed E-state index contributed by atoms with van der Waals surface area (Å²) in [6.45, 7) is 20.4. The highest BCUT2D eigenvalue weighted by Crippen LogP contribution is 2.45. The van der Waals surface area contributed by atoms with Gasteiger partial charge in [-0.1, -0.05) is 178 Å². The summed E-state index contributed by atoms with van der Waals surface area (Å²) < 4.78 is 44.3. The van der Waals surface area contributed by atoms with Crippen molar-refractivity contribution in [1.29, 1.82) is 0 Å². The molecule has 0 aliphatic carbocycles. The largest absolute Gasteiger partial charge is 0.507 e. The minimum atomic E-state index is -2.19. The zero-order valence-electron chi connectivity index (χ0n) is 46.3. The molecule has 0 spiro atoms. The van der Waals surface area contributed by atoms with Crippen LogP contribution in [0.3, 0.4) is 0 Å². The monoisotopic (exact) mass is 897 g/mol. The summed E-state index contributed by atoms with van der Waals surface area (Å²) in [5, 5.41) is 12.5. The van der Waals surface area contributed by atoms with Gasteiger partial charge >= 0.3 is 0 Å². The lowest BCUT2D eigenvalue weighted by molar-refractivity contribution is 0.466. The highest BCUT2D eigenvalue weighted by Gasteiger charge is 2.27. The third kappa shape index (κ3) is 8.93. The quantitative estimate of drug-likeness (QED) is 0.157. The minimum Gasteiger partial charge on any atom is -0.507 e. The van der Waals surface area contributed by atoms with Crippen molar-refractivity contribution < 1.29 is 12.0 Å². The van der Waals surface area contributed by atoms with E-state index in [2.05, 4.69) is 150 Å². The van der Waals surface area contributed by atoms with Crippen molar-refractivity contribution in [3.63, 3.8) is 0 Å². The van der Waals surface area contributed by atoms with Crippen LogP contribution < -0.4 is 0 Å². The molecule has 9 rings (SSSR count). The van der Waals surface area contributed by atoms with Crippen molar-refractivity contribution in [1.82, 2.24) is 14.5 Å². The summed E-state index contributed by atoms with van der Waals surface area (Å²) in [5.74, 6) is -1.82. The van der Waals surface area contributed by atoms with Crippen LogP contribution >= 0.6 is 0 Å². The van der Waals surface area contributed by atoms with Gasteiger partial charge in [0.05, 0.1) is 28.0 Å². The maximum Gasteiger partial charge on any atom is 0.149 e. The van der Waals surface area contributed by atoms with Crippen LogP contribution in [-0.2, 0) is 10.8 Å². The van der Waals surface area contributed by atoms with E-state index in [1.54, 1.807) is 38.2 Å². The predicted octanol–water partition coefficient (Wildman–Crippen LogP) is 17.6. The van der Waals surface area contributed by atoms with Crippen molar-refractivity contribution in [2.75, 3.05) is 0 Å². The second kappa shape index (κ2) is 17.9. The molecule has 2 heterocycles. The Labute approximate surface area is 411 Å². The number of imidazole rings is 1. The third-order valence-electron chi connectivity index (χ3n) is 13.3. The van der Waals surface area contributed by atoms with Crippen LogP contribution in [0.2, 0.25) is 0 Å². The van der Waals surface area contributed by atoms with Crippen molar-refractivity contribution in [2.45, 2.75) is 106 Å². The third-order valence-corrected chi connectivity index (χ3v) is 13.3. The lowest BCUT2D eigenvalue weighted by Crippen LogP contribution is -2.11. The van der Waals surface area contributed by atoms with Crippen LogP contribution in [-0.4, -0.2) is 19.6 Å². The van der Waals surface area contributed by atoms with Crippen LogP contribution in [0.15, 0.2) is 158 Å².